The maximum atomic E-state index is 5.52. The molecule has 0 rings (SSSR count). The van der Waals surface area contributed by atoms with E-state index in [1.165, 1.54) is 25.7 Å². The first-order valence-corrected chi connectivity index (χ1v) is 6.61. The zero-order valence-corrected chi connectivity index (χ0v) is 11.5. The molecule has 0 aromatic heterocycles. The number of nitrogens with zero attached hydrogens (tertiary/aromatic N) is 1. The van der Waals surface area contributed by atoms with Crippen LogP contribution in [0.25, 0.3) is 0 Å². The number of hydrogen-bond donors (Lipinski definition) is 1. The van der Waals surface area contributed by atoms with Crippen molar-refractivity contribution in [2.45, 2.75) is 39.0 Å². The van der Waals surface area contributed by atoms with E-state index < -0.39 is 0 Å². The lowest BCUT2D eigenvalue weighted by molar-refractivity contribution is 0.148. The van der Waals surface area contributed by atoms with Gasteiger partial charge in [-0.05, 0) is 13.0 Å². The lowest BCUT2D eigenvalue weighted by atomic mass is 10.2. The highest BCUT2D eigenvalue weighted by Gasteiger charge is 2.04. The molecule has 0 aliphatic carbocycles. The molecule has 0 amide bonds. The van der Waals surface area contributed by atoms with E-state index in [4.69, 9.17) is 22.7 Å². The van der Waals surface area contributed by atoms with Crippen LogP contribution in [0.1, 0.15) is 39.0 Å². The van der Waals surface area contributed by atoms with Gasteiger partial charge in [-0.2, -0.15) is 0 Å². The summed E-state index contributed by atoms with van der Waals surface area (Å²) in [6.07, 6.45) is 5.99. The molecule has 4 heteroatoms. The van der Waals surface area contributed by atoms with Gasteiger partial charge < -0.3 is 15.4 Å². The fourth-order valence-electron chi connectivity index (χ4n) is 1.59. The molecule has 0 saturated heterocycles. The molecule has 2 N–H and O–H groups in total. The summed E-state index contributed by atoms with van der Waals surface area (Å²) in [4.78, 5) is 2.99. The Morgan fingerprint density at radius 3 is 2.50 bits per heavy atom. The van der Waals surface area contributed by atoms with Crippen LogP contribution in [0.3, 0.4) is 0 Å². The van der Waals surface area contributed by atoms with E-state index in [0.29, 0.717) is 4.99 Å². The Morgan fingerprint density at radius 1 is 1.19 bits per heavy atom. The van der Waals surface area contributed by atoms with Gasteiger partial charge in [0, 0.05) is 26.6 Å². The van der Waals surface area contributed by atoms with E-state index in [0.717, 1.165) is 32.7 Å². The molecular formula is C12H26N2OS. The van der Waals surface area contributed by atoms with Gasteiger partial charge in [0.2, 0.25) is 0 Å². The number of nitrogens with two attached hydrogens (primary N) is 1. The van der Waals surface area contributed by atoms with Gasteiger partial charge in [0.15, 0.2) is 0 Å². The molecule has 0 aromatic carbocycles. The first-order chi connectivity index (χ1) is 7.70. The van der Waals surface area contributed by atoms with Gasteiger partial charge in [0.05, 0.1) is 11.6 Å². The van der Waals surface area contributed by atoms with Gasteiger partial charge in [-0.1, -0.05) is 38.4 Å². The Hall–Kier alpha value is -0.190. The predicted octanol–water partition coefficient (Wildman–Crippen LogP) is 2.19. The number of rotatable bonds is 11. The van der Waals surface area contributed by atoms with Crippen molar-refractivity contribution in [1.29, 1.82) is 0 Å². The number of thiocarbonyl (C=S) groups is 1. The summed E-state index contributed by atoms with van der Waals surface area (Å²) in [5.74, 6) is 0. The zero-order chi connectivity index (χ0) is 12.2. The summed E-state index contributed by atoms with van der Waals surface area (Å²) in [6.45, 7) is 6.09. The summed E-state index contributed by atoms with van der Waals surface area (Å²) in [5.41, 5.74) is 5.52. The number of unbranched alkanes of at least 4 members (excludes halogenated alkanes) is 3. The zero-order valence-electron chi connectivity index (χ0n) is 10.7. The summed E-state index contributed by atoms with van der Waals surface area (Å²) in [7, 11) is 1.74. The Labute approximate surface area is 105 Å². The van der Waals surface area contributed by atoms with Gasteiger partial charge in [0.1, 0.15) is 0 Å². The van der Waals surface area contributed by atoms with Gasteiger partial charge in [0.25, 0.3) is 0 Å². The molecule has 0 aliphatic heterocycles. The Morgan fingerprint density at radius 2 is 1.94 bits per heavy atom. The topological polar surface area (TPSA) is 38.5 Å². The highest BCUT2D eigenvalue weighted by Crippen LogP contribution is 2.02. The summed E-state index contributed by atoms with van der Waals surface area (Å²) in [5, 5.41) is 0. The Bertz CT molecular complexity index is 176. The molecule has 3 nitrogen and oxygen atoms in total. The minimum absolute atomic E-state index is 0.607. The van der Waals surface area contributed by atoms with Crippen LogP contribution in [0.5, 0.6) is 0 Å². The van der Waals surface area contributed by atoms with Crippen molar-refractivity contribution in [3.05, 3.63) is 0 Å². The highest BCUT2D eigenvalue weighted by molar-refractivity contribution is 7.80. The first kappa shape index (κ1) is 15.8. The Kier molecular flexibility index (Phi) is 11.2. The molecule has 0 aliphatic rings. The van der Waals surface area contributed by atoms with Crippen molar-refractivity contribution in [2.75, 3.05) is 33.4 Å². The fraction of sp³-hybridized carbons (Fsp3) is 0.917. The monoisotopic (exact) mass is 246 g/mol. The highest BCUT2D eigenvalue weighted by atomic mass is 32.1. The van der Waals surface area contributed by atoms with E-state index in [1.54, 1.807) is 7.11 Å². The molecule has 0 saturated carbocycles. The van der Waals surface area contributed by atoms with E-state index in [-0.39, 0.29) is 0 Å². The van der Waals surface area contributed by atoms with Gasteiger partial charge in [-0.25, -0.2) is 0 Å². The normalized spacial score (nSPS) is 10.9. The predicted molar refractivity (Wildman–Crippen MR) is 73.9 cm³/mol. The lowest BCUT2D eigenvalue weighted by Crippen LogP contribution is -2.31. The Balaban J connectivity index is 3.66. The average Bonchev–Trinajstić information content (AvgIpc) is 2.26. The summed E-state index contributed by atoms with van der Waals surface area (Å²) < 4.78 is 5.10. The number of hydrogen-bond acceptors (Lipinski definition) is 3. The van der Waals surface area contributed by atoms with E-state index in [9.17, 15) is 0 Å². The lowest BCUT2D eigenvalue weighted by Gasteiger charge is -2.21. The first-order valence-electron chi connectivity index (χ1n) is 6.20. The standard InChI is InChI=1S/C12H26N2OS/c1-3-4-5-6-8-14(10-11-15-2)9-7-12(13)16/h3-11H2,1-2H3,(H2,13,16). The minimum atomic E-state index is 0.607. The second kappa shape index (κ2) is 11.3. The third-order valence-corrected chi connectivity index (χ3v) is 2.82. The second-order valence-corrected chi connectivity index (χ2v) is 4.64. The molecule has 0 radical (unpaired) electrons. The average molecular weight is 246 g/mol. The van der Waals surface area contributed by atoms with E-state index in [1.807, 2.05) is 0 Å². The smallest absolute Gasteiger partial charge is 0.0740 e. The van der Waals surface area contributed by atoms with Crippen molar-refractivity contribution in [3.8, 4) is 0 Å². The molecular weight excluding hydrogens is 220 g/mol. The summed E-state index contributed by atoms with van der Waals surface area (Å²) in [6, 6.07) is 0. The minimum Gasteiger partial charge on any atom is -0.393 e. The van der Waals surface area contributed by atoms with Crippen LogP contribution < -0.4 is 5.73 Å². The summed E-state index contributed by atoms with van der Waals surface area (Å²) >= 11 is 4.90. The molecule has 0 aromatic rings. The molecule has 16 heavy (non-hydrogen) atoms. The van der Waals surface area contributed by atoms with Crippen molar-refractivity contribution < 1.29 is 4.74 Å². The fourth-order valence-corrected chi connectivity index (χ4v) is 1.68. The van der Waals surface area contributed by atoms with Crippen LogP contribution in [0.4, 0.5) is 0 Å². The third-order valence-electron chi connectivity index (χ3n) is 2.61. The molecule has 0 fully saturated rings. The quantitative estimate of drug-likeness (QED) is 0.448. The molecule has 0 atom stereocenters. The van der Waals surface area contributed by atoms with Crippen LogP contribution in [0.15, 0.2) is 0 Å². The van der Waals surface area contributed by atoms with Crippen LogP contribution in [0, 0.1) is 0 Å². The van der Waals surface area contributed by atoms with Crippen LogP contribution in [-0.2, 0) is 4.74 Å². The van der Waals surface area contributed by atoms with Crippen molar-refractivity contribution in [3.63, 3.8) is 0 Å². The molecule has 96 valence electrons. The van der Waals surface area contributed by atoms with Gasteiger partial charge in [-0.15, -0.1) is 0 Å². The SMILES string of the molecule is CCCCCCN(CCOC)CCC(N)=S. The molecule has 0 unspecified atom stereocenters. The number of methoxy groups -OCH3 is 1. The largest absolute Gasteiger partial charge is 0.393 e. The molecule has 0 spiro atoms. The number of ether oxygens (including phenoxy) is 1. The van der Waals surface area contributed by atoms with Crippen LogP contribution >= 0.6 is 12.2 Å². The van der Waals surface area contributed by atoms with E-state index >= 15 is 0 Å². The molecule has 0 heterocycles. The van der Waals surface area contributed by atoms with E-state index in [2.05, 4.69) is 11.8 Å². The van der Waals surface area contributed by atoms with Gasteiger partial charge in [-0.3, -0.25) is 0 Å². The van der Waals surface area contributed by atoms with Crippen molar-refractivity contribution in [2.24, 2.45) is 5.73 Å². The molecule has 0 bridgehead atoms. The van der Waals surface area contributed by atoms with Crippen LogP contribution in [0.2, 0.25) is 0 Å². The van der Waals surface area contributed by atoms with Crippen molar-refractivity contribution in [1.82, 2.24) is 4.90 Å². The second-order valence-electron chi connectivity index (χ2n) is 4.11. The third kappa shape index (κ3) is 10.3. The maximum absolute atomic E-state index is 5.52. The maximum Gasteiger partial charge on any atom is 0.0740 e. The van der Waals surface area contributed by atoms with Crippen molar-refractivity contribution >= 4 is 17.2 Å². The van der Waals surface area contributed by atoms with Crippen LogP contribution in [-0.4, -0.2) is 43.2 Å². The van der Waals surface area contributed by atoms with Gasteiger partial charge >= 0.3 is 0 Å².